The van der Waals surface area contributed by atoms with Crippen molar-refractivity contribution >= 4 is 11.8 Å². The van der Waals surface area contributed by atoms with Crippen LogP contribution in [-0.2, 0) is 22.8 Å². The lowest BCUT2D eigenvalue weighted by atomic mass is 10.1. The van der Waals surface area contributed by atoms with Crippen LogP contribution in [0.5, 0.6) is 5.75 Å². The molecule has 0 atom stereocenters. The molecule has 15 heteroatoms. The molecule has 1 N–H and O–H groups in total. The molecule has 8 nitrogen and oxygen atoms in total. The van der Waals surface area contributed by atoms with Crippen LogP contribution in [0, 0.1) is 5.82 Å². The van der Waals surface area contributed by atoms with Gasteiger partial charge in [0.05, 0.1) is 24.5 Å². The van der Waals surface area contributed by atoms with Crippen LogP contribution >= 0.6 is 0 Å². The van der Waals surface area contributed by atoms with Gasteiger partial charge >= 0.3 is 24.1 Å². The van der Waals surface area contributed by atoms with E-state index in [0.717, 1.165) is 43.7 Å². The summed E-state index contributed by atoms with van der Waals surface area (Å²) in [5.74, 6) is -2.06. The average Bonchev–Trinajstić information content (AvgIpc) is 3.17. The Morgan fingerprint density at radius 3 is 2.19 bits per heavy atom. The zero-order valence-corrected chi connectivity index (χ0v) is 18.6. The molecule has 0 radical (unpaired) electrons. The first kappa shape index (κ1) is 26.2. The van der Waals surface area contributed by atoms with Gasteiger partial charge in [-0.05, 0) is 36.4 Å². The van der Waals surface area contributed by atoms with Crippen LogP contribution in [0.15, 0.2) is 53.6 Å². The van der Waals surface area contributed by atoms with Gasteiger partial charge in [-0.25, -0.2) is 14.0 Å². The number of amides is 1. The maximum Gasteiger partial charge on any atom is 0.420 e. The Hall–Kier alpha value is -3.85. The van der Waals surface area contributed by atoms with E-state index in [0.29, 0.717) is 14.0 Å². The van der Waals surface area contributed by atoms with Crippen molar-refractivity contribution in [2.24, 2.45) is 0 Å². The quantitative estimate of drug-likeness (QED) is 0.508. The van der Waals surface area contributed by atoms with Crippen LogP contribution in [0.2, 0.25) is 0 Å². The second-order valence-corrected chi connectivity index (χ2v) is 8.07. The number of hydrogen-bond donors (Lipinski definition) is 1. The van der Waals surface area contributed by atoms with Gasteiger partial charge in [-0.15, -0.1) is 0 Å². The molecule has 198 valence electrons. The van der Waals surface area contributed by atoms with Crippen molar-refractivity contribution in [1.29, 1.82) is 0 Å². The number of carbonyl (C=O) groups is 1. The van der Waals surface area contributed by atoms with E-state index < -0.39 is 58.2 Å². The van der Waals surface area contributed by atoms with Gasteiger partial charge < -0.3 is 14.6 Å². The lowest BCUT2D eigenvalue weighted by Crippen LogP contribution is -2.55. The van der Waals surface area contributed by atoms with Crippen molar-refractivity contribution in [3.05, 3.63) is 76.2 Å². The number of alkyl halides is 6. The van der Waals surface area contributed by atoms with Gasteiger partial charge in [-0.3, -0.25) is 14.0 Å². The summed E-state index contributed by atoms with van der Waals surface area (Å²) in [7, 11) is 1.07. The van der Waals surface area contributed by atoms with Crippen molar-refractivity contribution in [2.45, 2.75) is 18.1 Å². The fourth-order valence-corrected chi connectivity index (χ4v) is 3.50. The molecule has 1 aliphatic rings. The summed E-state index contributed by atoms with van der Waals surface area (Å²) < 4.78 is 106. The van der Waals surface area contributed by atoms with E-state index >= 15 is 0 Å². The van der Waals surface area contributed by atoms with Gasteiger partial charge in [0.2, 0.25) is 0 Å². The van der Waals surface area contributed by atoms with E-state index in [1.807, 2.05) is 0 Å². The number of halogens is 7. The Morgan fingerprint density at radius 1 is 1.05 bits per heavy atom. The SMILES string of the molecule is CN(C(=O)Oc1c(-n2ccn(C3(O)COC3)c2=O)cc(C(F)(F)F)cc1C(F)(F)F)c1ccc(F)cc1. The van der Waals surface area contributed by atoms with Crippen LogP contribution in [-0.4, -0.2) is 40.6 Å². The fourth-order valence-electron chi connectivity index (χ4n) is 3.50. The van der Waals surface area contributed by atoms with Crippen molar-refractivity contribution in [1.82, 2.24) is 9.13 Å². The van der Waals surface area contributed by atoms with Gasteiger partial charge in [0.1, 0.15) is 11.4 Å². The van der Waals surface area contributed by atoms with E-state index in [1.54, 1.807) is 0 Å². The Kier molecular flexibility index (Phi) is 6.32. The number of carbonyl (C=O) groups excluding carboxylic acids is 1. The Balaban J connectivity index is 1.89. The van der Waals surface area contributed by atoms with Gasteiger partial charge in [-0.2, -0.15) is 26.3 Å². The smallest absolute Gasteiger partial charge is 0.407 e. The number of aliphatic hydroxyl groups is 1. The fraction of sp³-hybridized carbons (Fsp3) is 0.273. The molecule has 1 aliphatic heterocycles. The lowest BCUT2D eigenvalue weighted by Gasteiger charge is -2.36. The molecular formula is C22H16F7N3O5. The van der Waals surface area contributed by atoms with Crippen molar-refractivity contribution < 1.29 is 50.1 Å². The van der Waals surface area contributed by atoms with Crippen LogP contribution in [0.25, 0.3) is 5.69 Å². The van der Waals surface area contributed by atoms with E-state index in [4.69, 9.17) is 9.47 Å². The first-order valence-corrected chi connectivity index (χ1v) is 10.3. The molecule has 0 spiro atoms. The lowest BCUT2D eigenvalue weighted by molar-refractivity contribution is -0.231. The highest BCUT2D eigenvalue weighted by Crippen LogP contribution is 2.44. The van der Waals surface area contributed by atoms with Gasteiger partial charge in [0, 0.05) is 25.1 Å². The molecule has 0 bridgehead atoms. The minimum Gasteiger partial charge on any atom is -0.407 e. The molecule has 2 heterocycles. The number of nitrogens with zero attached hydrogens (tertiary/aromatic N) is 3. The summed E-state index contributed by atoms with van der Waals surface area (Å²) in [6.45, 7) is -0.699. The van der Waals surface area contributed by atoms with Crippen molar-refractivity contribution in [3.63, 3.8) is 0 Å². The van der Waals surface area contributed by atoms with Crippen LogP contribution in [0.1, 0.15) is 11.1 Å². The molecule has 4 rings (SSSR count). The second kappa shape index (κ2) is 8.92. The molecule has 1 amide bonds. The van der Waals surface area contributed by atoms with Gasteiger partial charge in [-0.1, -0.05) is 0 Å². The third kappa shape index (κ3) is 4.91. The molecule has 2 aromatic carbocycles. The first-order valence-electron chi connectivity index (χ1n) is 10.3. The van der Waals surface area contributed by atoms with Crippen LogP contribution in [0.3, 0.4) is 0 Å². The molecule has 0 saturated carbocycles. The number of rotatable bonds is 4. The number of hydrogen-bond acceptors (Lipinski definition) is 5. The van der Waals surface area contributed by atoms with Crippen LogP contribution < -0.4 is 15.3 Å². The number of ether oxygens (including phenoxy) is 2. The van der Waals surface area contributed by atoms with E-state index in [2.05, 4.69) is 0 Å². The van der Waals surface area contributed by atoms with Crippen LogP contribution in [0.4, 0.5) is 41.2 Å². The minimum atomic E-state index is -5.45. The predicted molar refractivity (Wildman–Crippen MR) is 112 cm³/mol. The maximum absolute atomic E-state index is 13.9. The Morgan fingerprint density at radius 2 is 1.68 bits per heavy atom. The zero-order valence-electron chi connectivity index (χ0n) is 18.6. The summed E-state index contributed by atoms with van der Waals surface area (Å²) in [5.41, 5.74) is -7.91. The summed E-state index contributed by atoms with van der Waals surface area (Å²) in [5, 5.41) is 10.4. The number of aromatic nitrogens is 2. The van der Waals surface area contributed by atoms with Gasteiger partial charge in [0.15, 0.2) is 11.5 Å². The molecule has 0 aliphatic carbocycles. The third-order valence-electron chi connectivity index (χ3n) is 5.53. The van der Waals surface area contributed by atoms with Gasteiger partial charge in [0.25, 0.3) is 0 Å². The molecule has 0 unspecified atom stereocenters. The summed E-state index contributed by atoms with van der Waals surface area (Å²) in [4.78, 5) is 26.3. The summed E-state index contributed by atoms with van der Waals surface area (Å²) in [6, 6.07) is 4.10. The second-order valence-electron chi connectivity index (χ2n) is 8.07. The summed E-state index contributed by atoms with van der Waals surface area (Å²) >= 11 is 0. The monoisotopic (exact) mass is 535 g/mol. The van der Waals surface area contributed by atoms with Crippen molar-refractivity contribution in [3.8, 4) is 11.4 Å². The predicted octanol–water partition coefficient (Wildman–Crippen LogP) is 4.13. The summed E-state index contributed by atoms with van der Waals surface area (Å²) in [6.07, 6.45) is -10.4. The topological polar surface area (TPSA) is 85.9 Å². The molecule has 37 heavy (non-hydrogen) atoms. The van der Waals surface area contributed by atoms with E-state index in [-0.39, 0.29) is 31.0 Å². The first-order chi connectivity index (χ1) is 17.1. The van der Waals surface area contributed by atoms with Crippen molar-refractivity contribution in [2.75, 3.05) is 25.2 Å². The molecular weight excluding hydrogens is 519 g/mol. The zero-order chi connectivity index (χ0) is 27.3. The van der Waals surface area contributed by atoms with E-state index in [9.17, 15) is 45.4 Å². The molecule has 3 aromatic rings. The third-order valence-corrected chi connectivity index (χ3v) is 5.53. The largest absolute Gasteiger partial charge is 0.420 e. The highest BCUT2D eigenvalue weighted by Gasteiger charge is 2.43. The molecule has 1 saturated heterocycles. The Labute approximate surface area is 202 Å². The number of imidazole rings is 1. The number of anilines is 1. The highest BCUT2D eigenvalue weighted by atomic mass is 19.4. The maximum atomic E-state index is 13.9. The average molecular weight is 535 g/mol. The minimum absolute atomic E-state index is 0.0102. The highest BCUT2D eigenvalue weighted by molar-refractivity contribution is 5.89. The van der Waals surface area contributed by atoms with E-state index in [1.165, 1.54) is 0 Å². The molecule has 1 aromatic heterocycles. The molecule has 1 fully saturated rings. The number of benzene rings is 2. The normalized spacial score (nSPS) is 15.3. The standard InChI is InChI=1S/C22H16F7N3O5/c1-30(14-4-2-13(23)3-5-14)19(34)37-17-15(22(27,28)29)8-12(21(24,25)26)9-16(17)31-6-7-32(18(31)33)20(35)10-36-11-20/h2-9,35H,10-11H2,1H3. The Bertz CT molecular complexity index is 1390.